The number of carbonyl (C=O) groups excluding carboxylic acids is 1. The number of nitrogens with zero attached hydrogens (tertiary/aromatic N) is 2. The maximum Gasteiger partial charge on any atom is 0.220 e. The maximum absolute atomic E-state index is 12.0. The van der Waals surface area contributed by atoms with Gasteiger partial charge in [-0.2, -0.15) is 0 Å². The predicted octanol–water partition coefficient (Wildman–Crippen LogP) is 2.66. The Hall–Kier alpha value is -1.88. The van der Waals surface area contributed by atoms with Crippen molar-refractivity contribution in [1.82, 2.24) is 14.9 Å². The van der Waals surface area contributed by atoms with E-state index in [9.17, 15) is 4.79 Å². The molecule has 0 aliphatic rings. The number of amides is 1. The number of rotatable bonds is 8. The Kier molecular flexibility index (Phi) is 5.95. The molecule has 0 aliphatic heterocycles. The second kappa shape index (κ2) is 7.94. The largest absolute Gasteiger partial charge is 0.346 e. The minimum atomic E-state index is -0.0889. The van der Waals surface area contributed by atoms with Gasteiger partial charge in [0.15, 0.2) is 0 Å². The minimum absolute atomic E-state index is 0.0889. The van der Waals surface area contributed by atoms with Crippen LogP contribution >= 0.6 is 0 Å². The van der Waals surface area contributed by atoms with Gasteiger partial charge in [-0.15, -0.1) is 0 Å². The number of fused-ring (bicyclic) bond motifs is 1. The van der Waals surface area contributed by atoms with E-state index < -0.39 is 0 Å². The van der Waals surface area contributed by atoms with Gasteiger partial charge in [0.1, 0.15) is 5.82 Å². The van der Waals surface area contributed by atoms with Crippen molar-refractivity contribution in [3.8, 4) is 0 Å². The molecule has 0 aliphatic carbocycles. The molecule has 0 saturated carbocycles. The van der Waals surface area contributed by atoms with Crippen molar-refractivity contribution >= 4 is 16.9 Å². The van der Waals surface area contributed by atoms with Crippen molar-refractivity contribution in [2.45, 2.75) is 45.1 Å². The lowest BCUT2D eigenvalue weighted by molar-refractivity contribution is -0.121. The molecule has 1 aromatic heterocycles. The highest BCUT2D eigenvalue weighted by Gasteiger charge is 2.16. The van der Waals surface area contributed by atoms with Crippen LogP contribution in [0, 0.1) is 0 Å². The summed E-state index contributed by atoms with van der Waals surface area (Å²) in [6.07, 6.45) is 4.69. The number of unbranched alkanes of at least 4 members (excludes halogenated alkanes) is 3. The topological polar surface area (TPSA) is 72.9 Å². The van der Waals surface area contributed by atoms with E-state index in [1.807, 2.05) is 42.8 Å². The van der Waals surface area contributed by atoms with Crippen LogP contribution in [0.3, 0.4) is 0 Å². The van der Waals surface area contributed by atoms with Gasteiger partial charge >= 0.3 is 0 Å². The predicted molar refractivity (Wildman–Crippen MR) is 89.4 cm³/mol. The lowest BCUT2D eigenvalue weighted by atomic mass is 10.1. The molecule has 0 bridgehead atoms. The third-order valence-electron chi connectivity index (χ3n) is 3.94. The zero-order valence-corrected chi connectivity index (χ0v) is 13.5. The van der Waals surface area contributed by atoms with Crippen molar-refractivity contribution in [2.75, 3.05) is 6.54 Å². The second-order valence-electron chi connectivity index (χ2n) is 5.76. The second-order valence-corrected chi connectivity index (χ2v) is 5.76. The summed E-state index contributed by atoms with van der Waals surface area (Å²) in [6.45, 7) is 2.71. The number of nitrogens with two attached hydrogens (primary N) is 1. The molecule has 1 unspecified atom stereocenters. The first-order valence-electron chi connectivity index (χ1n) is 8.04. The smallest absolute Gasteiger partial charge is 0.220 e. The number of aryl methyl sites for hydroxylation is 1. The van der Waals surface area contributed by atoms with Crippen LogP contribution in [0.25, 0.3) is 11.0 Å². The molecule has 2 rings (SSSR count). The van der Waals surface area contributed by atoms with Crippen molar-refractivity contribution in [3.05, 3.63) is 30.1 Å². The quantitative estimate of drug-likeness (QED) is 0.736. The Morgan fingerprint density at radius 2 is 2.00 bits per heavy atom. The lowest BCUT2D eigenvalue weighted by Gasteiger charge is -2.14. The third kappa shape index (κ3) is 4.07. The summed E-state index contributed by atoms with van der Waals surface area (Å²) in [5.41, 5.74) is 7.50. The van der Waals surface area contributed by atoms with Crippen LogP contribution in [0.15, 0.2) is 24.3 Å². The monoisotopic (exact) mass is 302 g/mol. The first kappa shape index (κ1) is 16.5. The number of carbonyl (C=O) groups is 1. The van der Waals surface area contributed by atoms with Gasteiger partial charge in [0.05, 0.1) is 17.1 Å². The molecule has 2 aromatic rings. The molecule has 0 saturated heterocycles. The molecule has 1 heterocycles. The van der Waals surface area contributed by atoms with E-state index in [-0.39, 0.29) is 11.9 Å². The van der Waals surface area contributed by atoms with E-state index in [1.54, 1.807) is 0 Å². The molecule has 1 amide bonds. The van der Waals surface area contributed by atoms with Crippen molar-refractivity contribution in [1.29, 1.82) is 0 Å². The van der Waals surface area contributed by atoms with E-state index in [2.05, 4.69) is 10.3 Å². The van der Waals surface area contributed by atoms with Crippen LogP contribution in [0.5, 0.6) is 0 Å². The number of hydrogen-bond acceptors (Lipinski definition) is 3. The average molecular weight is 302 g/mol. The number of para-hydroxylation sites is 2. The molecule has 22 heavy (non-hydrogen) atoms. The number of imidazole rings is 1. The number of hydrogen-bond donors (Lipinski definition) is 2. The molecule has 5 heteroatoms. The van der Waals surface area contributed by atoms with Crippen LogP contribution in [0.2, 0.25) is 0 Å². The maximum atomic E-state index is 12.0. The van der Waals surface area contributed by atoms with Gasteiger partial charge in [-0.05, 0) is 38.4 Å². The van der Waals surface area contributed by atoms with Gasteiger partial charge in [0.25, 0.3) is 0 Å². The van der Waals surface area contributed by atoms with Gasteiger partial charge in [-0.3, -0.25) is 4.79 Å². The number of aromatic nitrogens is 2. The molecule has 0 spiro atoms. The van der Waals surface area contributed by atoms with E-state index in [0.717, 1.165) is 49.1 Å². The van der Waals surface area contributed by atoms with Crippen molar-refractivity contribution < 1.29 is 4.79 Å². The lowest BCUT2D eigenvalue weighted by Crippen LogP contribution is -2.28. The van der Waals surface area contributed by atoms with Crippen LogP contribution < -0.4 is 11.1 Å². The Labute approximate surface area is 131 Å². The molecular weight excluding hydrogens is 276 g/mol. The number of nitrogens with one attached hydrogen (secondary N) is 1. The standard InChI is InChI=1S/C17H26N4O/c1-13(19-16(22)11-5-3-4-8-12-18)17-20-14-9-6-7-10-15(14)21(17)2/h6-7,9-10,13H,3-5,8,11-12,18H2,1-2H3,(H,19,22). The summed E-state index contributed by atoms with van der Waals surface area (Å²) in [5, 5.41) is 3.04. The fourth-order valence-corrected chi connectivity index (χ4v) is 2.71. The molecule has 1 atom stereocenters. The van der Waals surface area contributed by atoms with Crippen LogP contribution in [0.1, 0.15) is 50.9 Å². The Balaban J connectivity index is 1.89. The molecular formula is C17H26N4O. The van der Waals surface area contributed by atoms with E-state index in [1.165, 1.54) is 0 Å². The van der Waals surface area contributed by atoms with Gasteiger partial charge < -0.3 is 15.6 Å². The first-order chi connectivity index (χ1) is 10.6. The van der Waals surface area contributed by atoms with E-state index in [4.69, 9.17) is 5.73 Å². The molecule has 120 valence electrons. The number of benzene rings is 1. The summed E-state index contributed by atoms with van der Waals surface area (Å²) >= 11 is 0. The molecule has 1 aromatic carbocycles. The molecule has 5 nitrogen and oxygen atoms in total. The van der Waals surface area contributed by atoms with Crippen LogP contribution in [-0.2, 0) is 11.8 Å². The zero-order chi connectivity index (χ0) is 15.9. The SMILES string of the molecule is CC(NC(=O)CCCCCCN)c1nc2ccccc2n1C. The average Bonchev–Trinajstić information content (AvgIpc) is 2.85. The van der Waals surface area contributed by atoms with Crippen LogP contribution in [-0.4, -0.2) is 22.0 Å². The fraction of sp³-hybridized carbons (Fsp3) is 0.529. The molecule has 0 fully saturated rings. The third-order valence-corrected chi connectivity index (χ3v) is 3.94. The molecule has 0 radical (unpaired) electrons. The van der Waals surface area contributed by atoms with Gasteiger partial charge in [0, 0.05) is 13.5 Å². The van der Waals surface area contributed by atoms with E-state index >= 15 is 0 Å². The molecule has 3 N–H and O–H groups in total. The zero-order valence-electron chi connectivity index (χ0n) is 13.5. The Bertz CT molecular complexity index is 620. The first-order valence-corrected chi connectivity index (χ1v) is 8.04. The van der Waals surface area contributed by atoms with Crippen LogP contribution in [0.4, 0.5) is 0 Å². The Morgan fingerprint density at radius 1 is 1.27 bits per heavy atom. The van der Waals surface area contributed by atoms with E-state index in [0.29, 0.717) is 6.42 Å². The minimum Gasteiger partial charge on any atom is -0.346 e. The van der Waals surface area contributed by atoms with Crippen molar-refractivity contribution in [2.24, 2.45) is 12.8 Å². The highest BCUT2D eigenvalue weighted by Crippen LogP contribution is 2.19. The Morgan fingerprint density at radius 3 is 2.73 bits per heavy atom. The highest BCUT2D eigenvalue weighted by molar-refractivity contribution is 5.78. The summed E-state index contributed by atoms with van der Waals surface area (Å²) in [5.74, 6) is 0.977. The van der Waals surface area contributed by atoms with Gasteiger partial charge in [0.2, 0.25) is 5.91 Å². The van der Waals surface area contributed by atoms with Gasteiger partial charge in [-0.1, -0.05) is 25.0 Å². The van der Waals surface area contributed by atoms with Crippen molar-refractivity contribution in [3.63, 3.8) is 0 Å². The summed E-state index contributed by atoms with van der Waals surface area (Å²) in [4.78, 5) is 16.6. The fourth-order valence-electron chi connectivity index (χ4n) is 2.71. The summed E-state index contributed by atoms with van der Waals surface area (Å²) in [6, 6.07) is 7.92. The van der Waals surface area contributed by atoms with Gasteiger partial charge in [-0.25, -0.2) is 4.98 Å². The highest BCUT2D eigenvalue weighted by atomic mass is 16.1. The summed E-state index contributed by atoms with van der Waals surface area (Å²) < 4.78 is 2.04. The normalized spacial score (nSPS) is 12.5. The summed E-state index contributed by atoms with van der Waals surface area (Å²) in [7, 11) is 1.99.